The van der Waals surface area contributed by atoms with Crippen molar-refractivity contribution in [2.75, 3.05) is 48.8 Å². The molecule has 0 spiro atoms. The number of anilines is 3. The van der Waals surface area contributed by atoms with E-state index in [-0.39, 0.29) is 18.2 Å². The van der Waals surface area contributed by atoms with Crippen molar-refractivity contribution in [2.24, 2.45) is 5.41 Å². The van der Waals surface area contributed by atoms with Crippen LogP contribution in [0.5, 0.6) is 17.2 Å². The summed E-state index contributed by atoms with van der Waals surface area (Å²) in [5.41, 5.74) is 4.53. The van der Waals surface area contributed by atoms with Gasteiger partial charge in [-0.05, 0) is 110 Å². The van der Waals surface area contributed by atoms with Gasteiger partial charge in [-0.15, -0.1) is 0 Å². The molecule has 5 amide bonds. The zero-order valence-electron chi connectivity index (χ0n) is 34.9. The Bertz CT molecular complexity index is 2880. The summed E-state index contributed by atoms with van der Waals surface area (Å²) < 4.78 is 25.5. The second-order valence-electron chi connectivity index (χ2n) is 16.6. The Morgan fingerprint density at radius 2 is 1.56 bits per heavy atom. The van der Waals surface area contributed by atoms with E-state index in [9.17, 15) is 28.4 Å². The van der Waals surface area contributed by atoms with Crippen LogP contribution >= 0.6 is 0 Å². The van der Waals surface area contributed by atoms with Gasteiger partial charge in [0.15, 0.2) is 0 Å². The molecular weight excluding hydrogens is 820 g/mol. The molecule has 4 aliphatic rings. The van der Waals surface area contributed by atoms with Crippen LogP contribution in [0.2, 0.25) is 0 Å². The van der Waals surface area contributed by atoms with Crippen molar-refractivity contribution in [3.8, 4) is 17.2 Å². The Balaban J connectivity index is 0.764. The van der Waals surface area contributed by atoms with Crippen LogP contribution in [0.4, 0.5) is 21.5 Å². The molecule has 6 aromatic rings. The average Bonchev–Trinajstić information content (AvgIpc) is 4.06. The van der Waals surface area contributed by atoms with Crippen LogP contribution < -0.4 is 30.3 Å². The fraction of sp³-hybridized carbons (Fsp3) is 0.271. The number of nitrogens with zero attached hydrogens (tertiary/aromatic N) is 5. The van der Waals surface area contributed by atoms with Gasteiger partial charge < -0.3 is 29.9 Å². The molecule has 64 heavy (non-hydrogen) atoms. The number of hydrogen-bond donors (Lipinski definition) is 3. The number of carbonyl (C=O) groups excluding carboxylic acids is 5. The first-order valence-electron chi connectivity index (χ1n) is 21.2. The maximum atomic E-state index is 13.3. The molecule has 3 aliphatic heterocycles. The summed E-state index contributed by atoms with van der Waals surface area (Å²) in [7, 11) is 1.64. The number of fused-ring (bicyclic) bond motifs is 3. The number of rotatable bonds is 11. The molecule has 15 nitrogen and oxygen atoms in total. The Morgan fingerprint density at radius 3 is 2.25 bits per heavy atom. The molecule has 16 heteroatoms. The Kier molecular flexibility index (Phi) is 10.4. The van der Waals surface area contributed by atoms with Crippen molar-refractivity contribution >= 4 is 68.4 Å². The van der Waals surface area contributed by atoms with E-state index < -0.39 is 35.0 Å². The number of aromatic nitrogens is 2. The predicted octanol–water partition coefficient (Wildman–Crippen LogP) is 6.16. The van der Waals surface area contributed by atoms with Crippen LogP contribution in [-0.2, 0) is 32.3 Å². The Labute approximate surface area is 366 Å². The molecule has 4 aromatic carbocycles. The molecule has 3 fully saturated rings. The van der Waals surface area contributed by atoms with Crippen molar-refractivity contribution in [1.82, 2.24) is 25.1 Å². The molecule has 0 radical (unpaired) electrons. The average molecular weight is 863 g/mol. The number of piperidine rings is 1. The van der Waals surface area contributed by atoms with Crippen LogP contribution in [0.3, 0.4) is 0 Å². The van der Waals surface area contributed by atoms with Gasteiger partial charge >= 0.3 is 0 Å². The fourth-order valence-corrected chi connectivity index (χ4v) is 8.78. The summed E-state index contributed by atoms with van der Waals surface area (Å²) in [6.07, 6.45) is 3.06. The highest BCUT2D eigenvalue weighted by Crippen LogP contribution is 2.48. The molecule has 0 bridgehead atoms. The summed E-state index contributed by atoms with van der Waals surface area (Å²) in [6.45, 7) is 4.04. The smallest absolute Gasteiger partial charge is 0.255 e. The fourth-order valence-electron chi connectivity index (χ4n) is 8.78. The first-order chi connectivity index (χ1) is 31.0. The number of nitrogens with one attached hydrogen (secondary N) is 3. The quantitative estimate of drug-likeness (QED) is 0.101. The minimum Gasteiger partial charge on any atom is -0.495 e. The van der Waals surface area contributed by atoms with E-state index in [1.807, 2.05) is 36.4 Å². The van der Waals surface area contributed by atoms with Crippen molar-refractivity contribution < 1.29 is 37.8 Å². The molecule has 1 saturated carbocycles. The third-order valence-corrected chi connectivity index (χ3v) is 12.6. The summed E-state index contributed by atoms with van der Waals surface area (Å²) in [5.74, 6) is -0.377. The van der Waals surface area contributed by atoms with E-state index in [1.54, 1.807) is 48.5 Å². The molecule has 5 heterocycles. The van der Waals surface area contributed by atoms with Crippen molar-refractivity contribution in [3.05, 3.63) is 120 Å². The molecule has 1 aliphatic carbocycles. The second kappa shape index (κ2) is 16.3. The van der Waals surface area contributed by atoms with Crippen LogP contribution in [0.15, 0.2) is 97.2 Å². The van der Waals surface area contributed by atoms with Crippen LogP contribution in [0.1, 0.15) is 47.3 Å². The van der Waals surface area contributed by atoms with E-state index >= 15 is 0 Å². The molecule has 10 rings (SSSR count). The highest BCUT2D eigenvalue weighted by Gasteiger charge is 2.56. The number of hydrogen-bond acceptors (Lipinski definition) is 11. The first kappa shape index (κ1) is 40.6. The van der Waals surface area contributed by atoms with Crippen LogP contribution in [0.25, 0.3) is 21.8 Å². The van der Waals surface area contributed by atoms with Gasteiger partial charge in [-0.3, -0.25) is 44.2 Å². The van der Waals surface area contributed by atoms with E-state index in [0.29, 0.717) is 66.5 Å². The monoisotopic (exact) mass is 862 g/mol. The van der Waals surface area contributed by atoms with E-state index in [2.05, 4.69) is 30.7 Å². The lowest BCUT2D eigenvalue weighted by Gasteiger charge is -2.36. The van der Waals surface area contributed by atoms with Gasteiger partial charge in [0.05, 0.1) is 29.5 Å². The van der Waals surface area contributed by atoms with Gasteiger partial charge in [0, 0.05) is 79.6 Å². The lowest BCUT2D eigenvalue weighted by molar-refractivity contribution is -0.137. The number of piperazine rings is 1. The third-order valence-electron chi connectivity index (χ3n) is 12.6. The van der Waals surface area contributed by atoms with Crippen molar-refractivity contribution in [2.45, 2.75) is 44.8 Å². The number of amides is 5. The number of pyridine rings is 2. The zero-order valence-corrected chi connectivity index (χ0v) is 34.9. The lowest BCUT2D eigenvalue weighted by atomic mass is 10.0. The Hall–Kier alpha value is -7.46. The summed E-state index contributed by atoms with van der Waals surface area (Å²) in [4.78, 5) is 79.6. The first-order valence-corrected chi connectivity index (χ1v) is 21.2. The van der Waals surface area contributed by atoms with Gasteiger partial charge in [0.1, 0.15) is 34.5 Å². The van der Waals surface area contributed by atoms with Crippen LogP contribution in [-0.4, -0.2) is 88.6 Å². The van der Waals surface area contributed by atoms with Crippen molar-refractivity contribution in [1.29, 1.82) is 0 Å². The van der Waals surface area contributed by atoms with E-state index in [1.165, 1.54) is 24.3 Å². The maximum Gasteiger partial charge on any atom is 0.255 e. The summed E-state index contributed by atoms with van der Waals surface area (Å²) in [5, 5.41) is 9.55. The zero-order chi connectivity index (χ0) is 44.1. The highest BCUT2D eigenvalue weighted by atomic mass is 19.1. The largest absolute Gasteiger partial charge is 0.495 e. The third kappa shape index (κ3) is 7.80. The normalized spacial score (nSPS) is 18.2. The van der Waals surface area contributed by atoms with Gasteiger partial charge in [-0.25, -0.2) is 4.39 Å². The molecule has 1 atom stereocenters. The van der Waals surface area contributed by atoms with Crippen molar-refractivity contribution in [3.63, 3.8) is 0 Å². The van der Waals surface area contributed by atoms with Gasteiger partial charge in [0.25, 0.3) is 5.91 Å². The van der Waals surface area contributed by atoms with E-state index in [4.69, 9.17) is 14.5 Å². The van der Waals surface area contributed by atoms with Gasteiger partial charge in [-0.1, -0.05) is 6.07 Å². The number of halogens is 1. The summed E-state index contributed by atoms with van der Waals surface area (Å²) >= 11 is 0. The summed E-state index contributed by atoms with van der Waals surface area (Å²) in [6, 6.07) is 25.2. The second-order valence-corrected chi connectivity index (χ2v) is 16.6. The molecule has 324 valence electrons. The SMILES string of the molecule is COc1cc2c(Oc3ccc(NC(=O)C4(C(=O)Nc5ccc(F)cc5)CC4)cc3)ccnc2cc1N1CCN(Cc2ccc3cc4c(cc3n2)CN([C@H]2CCC(=O)NC2=O)C4=O)CC1. The van der Waals surface area contributed by atoms with E-state index in [0.717, 1.165) is 64.9 Å². The number of benzene rings is 4. The molecule has 2 aromatic heterocycles. The van der Waals surface area contributed by atoms with Crippen LogP contribution in [0, 0.1) is 11.2 Å². The number of methoxy groups -OCH3 is 1. The Morgan fingerprint density at radius 1 is 0.844 bits per heavy atom. The predicted molar refractivity (Wildman–Crippen MR) is 235 cm³/mol. The molecule has 2 saturated heterocycles. The minimum absolute atomic E-state index is 0.202. The maximum absolute atomic E-state index is 13.3. The molecule has 0 unspecified atom stereocenters. The minimum atomic E-state index is -1.18. The molecule has 3 N–H and O–H groups in total. The highest BCUT2D eigenvalue weighted by molar-refractivity contribution is 6.17. The van der Waals surface area contributed by atoms with Gasteiger partial charge in [-0.2, -0.15) is 0 Å². The topological polar surface area (TPSA) is 175 Å². The number of ether oxygens (including phenoxy) is 2. The van der Waals surface area contributed by atoms with Gasteiger partial charge in [0.2, 0.25) is 23.6 Å². The standard InChI is InChI=1S/C48H43FN8O7/c1-63-42-24-36-38(50-17-14-41(36)64-34-10-8-32(9-11-34)53-47(62)48(15-16-48)46(61)52-31-6-3-30(49)4-7-31)25-40(42)56-20-18-55(19-21-56)27-33-5-2-28-22-35-29(23-37(28)51-33)26-57(45(35)60)39-12-13-43(58)54-44(39)59/h2-11,14,17,22-25,39H,12-13,15-16,18-21,26-27H2,1H3,(H,52,61)(H,53,62)(H,54,58,59)/t39-/m0/s1. The number of carbonyl (C=O) groups is 5. The lowest BCUT2D eigenvalue weighted by Crippen LogP contribution is -2.52. The molecular formula is C48H43FN8O7. The number of imide groups is 1.